The van der Waals surface area contributed by atoms with Crippen LogP contribution in [0, 0.1) is 6.92 Å². The lowest BCUT2D eigenvalue weighted by Gasteiger charge is -2.27. The van der Waals surface area contributed by atoms with Crippen LogP contribution in [0.1, 0.15) is 24.5 Å². The minimum atomic E-state index is -0.903. The molecule has 4 rings (SSSR count). The molecule has 3 aromatic rings. The van der Waals surface area contributed by atoms with E-state index in [-0.39, 0.29) is 29.5 Å². The molecule has 0 saturated carbocycles. The fourth-order valence-electron chi connectivity index (χ4n) is 3.98. The molecular weight excluding hydrogens is 594 g/mol. The van der Waals surface area contributed by atoms with E-state index < -0.39 is 17.8 Å². The van der Waals surface area contributed by atoms with E-state index in [2.05, 4.69) is 26.6 Å². The summed E-state index contributed by atoms with van der Waals surface area (Å²) in [6.45, 7) is 3.99. The van der Waals surface area contributed by atoms with Crippen LogP contribution in [0.15, 0.2) is 70.7 Å². The average Bonchev–Trinajstić information content (AvgIpc) is 2.95. The number of para-hydroxylation sites is 1. The standard InChI is InChI=1S/C30H28BrN3O7/c1-4-13-40-25-12-10-21(16-26(25)39-3)34-29(37)22(28(36)33-30(34)38)15-19-14-20(31)9-11-24(19)41-17-27(35)32-23-8-6-5-7-18(23)2/h5-12,14-16H,4,13,17H2,1-3H3,(H,32,35)(H,33,36,38)/b22-15-. The van der Waals surface area contributed by atoms with Gasteiger partial charge in [-0.2, -0.15) is 0 Å². The maximum absolute atomic E-state index is 13.5. The van der Waals surface area contributed by atoms with Crippen LogP contribution >= 0.6 is 15.9 Å². The van der Waals surface area contributed by atoms with Crippen molar-refractivity contribution in [2.45, 2.75) is 20.3 Å². The first-order valence-corrected chi connectivity index (χ1v) is 13.5. The summed E-state index contributed by atoms with van der Waals surface area (Å²) in [6.07, 6.45) is 2.10. The fourth-order valence-corrected chi connectivity index (χ4v) is 4.36. The molecule has 1 aliphatic rings. The fraction of sp³-hybridized carbons (Fsp3) is 0.200. The lowest BCUT2D eigenvalue weighted by Crippen LogP contribution is -2.54. The van der Waals surface area contributed by atoms with E-state index >= 15 is 0 Å². The predicted molar refractivity (Wildman–Crippen MR) is 157 cm³/mol. The molecule has 41 heavy (non-hydrogen) atoms. The average molecular weight is 622 g/mol. The lowest BCUT2D eigenvalue weighted by atomic mass is 10.1. The summed E-state index contributed by atoms with van der Waals surface area (Å²) in [7, 11) is 1.45. The SMILES string of the molecule is CCCOc1ccc(N2C(=O)NC(=O)/C(=C/c3cc(Br)ccc3OCC(=O)Nc3ccccc3C)C2=O)cc1OC. The minimum absolute atomic E-state index is 0.185. The first-order valence-electron chi connectivity index (χ1n) is 12.7. The van der Waals surface area contributed by atoms with Crippen molar-refractivity contribution < 1.29 is 33.4 Å². The monoisotopic (exact) mass is 621 g/mol. The van der Waals surface area contributed by atoms with Crippen molar-refractivity contribution in [3.63, 3.8) is 0 Å². The van der Waals surface area contributed by atoms with Crippen LogP contribution in [-0.4, -0.2) is 44.1 Å². The largest absolute Gasteiger partial charge is 0.493 e. The van der Waals surface area contributed by atoms with Crippen molar-refractivity contribution in [2.24, 2.45) is 0 Å². The normalized spacial score (nSPS) is 14.1. The number of amides is 5. The Bertz CT molecular complexity index is 1540. The van der Waals surface area contributed by atoms with Crippen LogP contribution in [0.25, 0.3) is 6.08 Å². The van der Waals surface area contributed by atoms with Gasteiger partial charge in [-0.05, 0) is 61.4 Å². The number of halogens is 1. The van der Waals surface area contributed by atoms with Gasteiger partial charge in [-0.15, -0.1) is 0 Å². The summed E-state index contributed by atoms with van der Waals surface area (Å²) in [5, 5.41) is 4.99. The zero-order valence-corrected chi connectivity index (χ0v) is 24.2. The van der Waals surface area contributed by atoms with Gasteiger partial charge >= 0.3 is 6.03 Å². The van der Waals surface area contributed by atoms with Gasteiger partial charge in [0.25, 0.3) is 17.7 Å². The highest BCUT2D eigenvalue weighted by Gasteiger charge is 2.37. The molecule has 0 bridgehead atoms. The second-order valence-electron chi connectivity index (χ2n) is 8.98. The second kappa shape index (κ2) is 13.1. The first kappa shape index (κ1) is 29.3. The van der Waals surface area contributed by atoms with Gasteiger partial charge in [-0.1, -0.05) is 41.1 Å². The summed E-state index contributed by atoms with van der Waals surface area (Å²) in [5.74, 6) is -1.06. The third-order valence-electron chi connectivity index (χ3n) is 6.02. The van der Waals surface area contributed by atoms with Gasteiger partial charge in [0.05, 0.1) is 19.4 Å². The molecule has 1 saturated heterocycles. The van der Waals surface area contributed by atoms with E-state index in [0.29, 0.717) is 33.8 Å². The quantitative estimate of drug-likeness (QED) is 0.234. The van der Waals surface area contributed by atoms with E-state index in [9.17, 15) is 19.2 Å². The number of anilines is 2. The van der Waals surface area contributed by atoms with Crippen molar-refractivity contribution in [1.82, 2.24) is 5.32 Å². The highest BCUT2D eigenvalue weighted by molar-refractivity contribution is 9.10. The van der Waals surface area contributed by atoms with Crippen LogP contribution in [-0.2, 0) is 14.4 Å². The molecule has 5 amide bonds. The van der Waals surface area contributed by atoms with Gasteiger partial charge in [0.15, 0.2) is 18.1 Å². The summed E-state index contributed by atoms with van der Waals surface area (Å²) in [4.78, 5) is 52.4. The zero-order valence-electron chi connectivity index (χ0n) is 22.7. The number of aryl methyl sites for hydroxylation is 1. The van der Waals surface area contributed by atoms with Gasteiger partial charge in [-0.25, -0.2) is 9.69 Å². The number of carbonyl (C=O) groups excluding carboxylic acids is 4. The second-order valence-corrected chi connectivity index (χ2v) is 9.89. The highest BCUT2D eigenvalue weighted by atomic mass is 79.9. The molecule has 1 aliphatic heterocycles. The number of urea groups is 1. The first-order chi connectivity index (χ1) is 19.7. The molecule has 0 spiro atoms. The van der Waals surface area contributed by atoms with Gasteiger partial charge in [0.1, 0.15) is 11.3 Å². The van der Waals surface area contributed by atoms with Gasteiger partial charge in [0, 0.05) is 21.8 Å². The molecule has 1 fully saturated rings. The number of methoxy groups -OCH3 is 1. The number of nitrogens with zero attached hydrogens (tertiary/aromatic N) is 1. The minimum Gasteiger partial charge on any atom is -0.493 e. The molecule has 10 nitrogen and oxygen atoms in total. The number of hydrogen-bond acceptors (Lipinski definition) is 7. The third kappa shape index (κ3) is 6.93. The van der Waals surface area contributed by atoms with Crippen LogP contribution < -0.4 is 29.7 Å². The molecular formula is C30H28BrN3O7. The highest BCUT2D eigenvalue weighted by Crippen LogP contribution is 2.34. The topological polar surface area (TPSA) is 123 Å². The number of nitrogens with one attached hydrogen (secondary N) is 2. The molecule has 0 aliphatic carbocycles. The van der Waals surface area contributed by atoms with Gasteiger partial charge in [0.2, 0.25) is 0 Å². The number of imide groups is 2. The van der Waals surface area contributed by atoms with Crippen LogP contribution in [0.3, 0.4) is 0 Å². The van der Waals surface area contributed by atoms with Crippen molar-refractivity contribution in [1.29, 1.82) is 0 Å². The van der Waals surface area contributed by atoms with Gasteiger partial charge in [-0.3, -0.25) is 19.7 Å². The van der Waals surface area contributed by atoms with Gasteiger partial charge < -0.3 is 19.5 Å². The van der Waals surface area contributed by atoms with Crippen LogP contribution in [0.4, 0.5) is 16.2 Å². The lowest BCUT2D eigenvalue weighted by molar-refractivity contribution is -0.122. The Morgan fingerprint density at radius 2 is 1.76 bits per heavy atom. The van der Waals surface area contributed by atoms with Crippen molar-refractivity contribution >= 4 is 57.1 Å². The summed E-state index contributed by atoms with van der Waals surface area (Å²) in [5.41, 5.74) is 1.79. The third-order valence-corrected chi connectivity index (χ3v) is 6.51. The number of hydrogen-bond donors (Lipinski definition) is 2. The van der Waals surface area contributed by atoms with E-state index in [0.717, 1.165) is 16.9 Å². The van der Waals surface area contributed by atoms with Crippen molar-refractivity contribution in [3.05, 3.63) is 81.8 Å². The van der Waals surface area contributed by atoms with E-state index in [4.69, 9.17) is 14.2 Å². The number of carbonyl (C=O) groups is 4. The molecule has 0 radical (unpaired) electrons. The molecule has 2 N–H and O–H groups in total. The Balaban J connectivity index is 1.59. The molecule has 1 heterocycles. The number of ether oxygens (including phenoxy) is 3. The zero-order chi connectivity index (χ0) is 29.5. The molecule has 3 aromatic carbocycles. The number of benzene rings is 3. The molecule has 11 heteroatoms. The maximum Gasteiger partial charge on any atom is 0.335 e. The Morgan fingerprint density at radius 1 is 1.00 bits per heavy atom. The summed E-state index contributed by atoms with van der Waals surface area (Å²) < 4.78 is 17.4. The number of barbiturate groups is 1. The van der Waals surface area contributed by atoms with Crippen LogP contribution in [0.5, 0.6) is 17.2 Å². The van der Waals surface area contributed by atoms with E-state index in [1.807, 2.05) is 32.0 Å². The van der Waals surface area contributed by atoms with E-state index in [1.165, 1.54) is 25.3 Å². The Hall–Kier alpha value is -4.64. The van der Waals surface area contributed by atoms with Crippen LogP contribution in [0.2, 0.25) is 0 Å². The summed E-state index contributed by atoms with van der Waals surface area (Å²) in [6, 6.07) is 16.0. The maximum atomic E-state index is 13.5. The Kier molecular flexibility index (Phi) is 9.41. The van der Waals surface area contributed by atoms with Crippen molar-refractivity contribution in [3.8, 4) is 17.2 Å². The number of rotatable bonds is 10. The Morgan fingerprint density at radius 3 is 2.49 bits per heavy atom. The van der Waals surface area contributed by atoms with E-state index in [1.54, 1.807) is 30.3 Å². The summed E-state index contributed by atoms with van der Waals surface area (Å²) >= 11 is 3.38. The molecule has 212 valence electrons. The molecule has 0 atom stereocenters. The smallest absolute Gasteiger partial charge is 0.335 e. The predicted octanol–water partition coefficient (Wildman–Crippen LogP) is 5.24. The Labute approximate surface area is 245 Å². The van der Waals surface area contributed by atoms with Crippen molar-refractivity contribution in [2.75, 3.05) is 30.5 Å². The molecule has 0 aromatic heterocycles. The molecule has 0 unspecified atom stereocenters.